The first-order valence-corrected chi connectivity index (χ1v) is 5.20. The summed E-state index contributed by atoms with van der Waals surface area (Å²) in [4.78, 5) is 35.0. The fourth-order valence-electron chi connectivity index (χ4n) is 1.88. The molecule has 0 atom stereocenters. The molecule has 1 heterocycles. The number of anilines is 1. The van der Waals surface area contributed by atoms with Gasteiger partial charge in [-0.05, 0) is 30.7 Å². The van der Waals surface area contributed by atoms with Crippen LogP contribution in [0.2, 0.25) is 0 Å². The van der Waals surface area contributed by atoms with Crippen molar-refractivity contribution >= 4 is 23.5 Å². The van der Waals surface area contributed by atoms with Gasteiger partial charge in [0.05, 0.1) is 11.3 Å². The number of benzene rings is 1. The van der Waals surface area contributed by atoms with Crippen LogP contribution in [0.25, 0.3) is 0 Å². The van der Waals surface area contributed by atoms with Gasteiger partial charge in [-0.25, -0.2) is 4.79 Å². The Bertz CT molecular complexity index is 505. The van der Waals surface area contributed by atoms with Gasteiger partial charge in [0.1, 0.15) is 0 Å². The van der Waals surface area contributed by atoms with Crippen LogP contribution < -0.4 is 4.90 Å². The van der Waals surface area contributed by atoms with Crippen molar-refractivity contribution in [3.63, 3.8) is 0 Å². The second-order valence-corrected chi connectivity index (χ2v) is 3.93. The van der Waals surface area contributed by atoms with Crippen LogP contribution in [0.4, 0.5) is 5.69 Å². The number of imide groups is 1. The van der Waals surface area contributed by atoms with Crippen molar-refractivity contribution in [2.45, 2.75) is 19.8 Å². The molecule has 88 valence electrons. The van der Waals surface area contributed by atoms with Gasteiger partial charge in [0.15, 0.2) is 0 Å². The quantitative estimate of drug-likeness (QED) is 0.782. The first-order chi connectivity index (χ1) is 8.00. The third-order valence-electron chi connectivity index (χ3n) is 2.74. The minimum Gasteiger partial charge on any atom is -0.478 e. The van der Waals surface area contributed by atoms with Crippen LogP contribution in [0.15, 0.2) is 18.2 Å². The molecular weight excluding hydrogens is 222 g/mol. The molecular formula is C12H11NO4. The van der Waals surface area contributed by atoms with Crippen molar-refractivity contribution in [3.8, 4) is 0 Å². The largest absolute Gasteiger partial charge is 0.478 e. The summed E-state index contributed by atoms with van der Waals surface area (Å²) in [5.74, 6) is -1.50. The number of hydrogen-bond donors (Lipinski definition) is 1. The van der Waals surface area contributed by atoms with E-state index in [2.05, 4.69) is 0 Å². The summed E-state index contributed by atoms with van der Waals surface area (Å²) in [6, 6.07) is 4.35. The predicted octanol–water partition coefficient (Wildman–Crippen LogP) is 1.35. The van der Waals surface area contributed by atoms with E-state index in [1.165, 1.54) is 18.2 Å². The molecule has 0 unspecified atom stereocenters. The van der Waals surface area contributed by atoms with Crippen molar-refractivity contribution in [2.75, 3.05) is 4.90 Å². The number of rotatable bonds is 2. The lowest BCUT2D eigenvalue weighted by atomic mass is 10.1. The van der Waals surface area contributed by atoms with Crippen LogP contribution in [0.5, 0.6) is 0 Å². The fourth-order valence-corrected chi connectivity index (χ4v) is 1.88. The van der Waals surface area contributed by atoms with E-state index in [0.717, 1.165) is 4.90 Å². The highest BCUT2D eigenvalue weighted by Gasteiger charge is 2.31. The van der Waals surface area contributed by atoms with Crippen molar-refractivity contribution < 1.29 is 19.5 Å². The van der Waals surface area contributed by atoms with E-state index in [1.54, 1.807) is 6.92 Å². The van der Waals surface area contributed by atoms with Gasteiger partial charge < -0.3 is 5.11 Å². The van der Waals surface area contributed by atoms with Crippen molar-refractivity contribution in [1.82, 2.24) is 0 Å². The van der Waals surface area contributed by atoms with Crippen LogP contribution in [0.3, 0.4) is 0 Å². The number of aryl methyl sites for hydroxylation is 1. The Labute approximate surface area is 97.7 Å². The van der Waals surface area contributed by atoms with E-state index >= 15 is 0 Å². The molecule has 2 amide bonds. The van der Waals surface area contributed by atoms with E-state index < -0.39 is 5.97 Å². The maximum Gasteiger partial charge on any atom is 0.335 e. The molecule has 1 aromatic rings. The van der Waals surface area contributed by atoms with Crippen LogP contribution >= 0.6 is 0 Å². The summed E-state index contributed by atoms with van der Waals surface area (Å²) in [5, 5.41) is 8.82. The molecule has 0 spiro atoms. The van der Waals surface area contributed by atoms with E-state index in [0.29, 0.717) is 11.3 Å². The maximum atomic E-state index is 11.5. The monoisotopic (exact) mass is 233 g/mol. The van der Waals surface area contributed by atoms with E-state index in [1.807, 2.05) is 0 Å². The molecule has 0 radical (unpaired) electrons. The SMILES string of the molecule is Cc1cc(C(=O)O)ccc1N1C(=O)CCC1=O. The number of carboxylic acid groups (broad SMARTS) is 1. The van der Waals surface area contributed by atoms with Crippen molar-refractivity contribution in [1.29, 1.82) is 0 Å². The third-order valence-corrected chi connectivity index (χ3v) is 2.74. The number of carbonyl (C=O) groups is 3. The van der Waals surface area contributed by atoms with E-state index in [4.69, 9.17) is 5.11 Å². The van der Waals surface area contributed by atoms with Crippen LogP contribution in [-0.4, -0.2) is 22.9 Å². The van der Waals surface area contributed by atoms with Gasteiger partial charge in [0, 0.05) is 12.8 Å². The normalized spacial score (nSPS) is 15.5. The summed E-state index contributed by atoms with van der Waals surface area (Å²) in [7, 11) is 0. The number of hydrogen-bond acceptors (Lipinski definition) is 3. The number of carbonyl (C=O) groups excluding carboxylic acids is 2. The minimum atomic E-state index is -1.03. The molecule has 0 bridgehead atoms. The molecule has 0 aromatic heterocycles. The molecule has 0 saturated carbocycles. The van der Waals surface area contributed by atoms with Gasteiger partial charge in [-0.2, -0.15) is 0 Å². The Morgan fingerprint density at radius 1 is 1.24 bits per heavy atom. The molecule has 5 nitrogen and oxygen atoms in total. The Balaban J connectivity index is 2.43. The number of amides is 2. The zero-order valence-corrected chi connectivity index (χ0v) is 9.27. The lowest BCUT2D eigenvalue weighted by Crippen LogP contribution is -2.29. The lowest BCUT2D eigenvalue weighted by molar-refractivity contribution is -0.121. The van der Waals surface area contributed by atoms with E-state index in [-0.39, 0.29) is 30.2 Å². The van der Waals surface area contributed by atoms with Gasteiger partial charge >= 0.3 is 5.97 Å². The van der Waals surface area contributed by atoms with Crippen LogP contribution in [0.1, 0.15) is 28.8 Å². The average Bonchev–Trinajstić information content (AvgIpc) is 2.59. The highest BCUT2D eigenvalue weighted by Crippen LogP contribution is 2.26. The molecule has 1 aliphatic heterocycles. The highest BCUT2D eigenvalue weighted by molar-refractivity contribution is 6.20. The smallest absolute Gasteiger partial charge is 0.335 e. The molecule has 1 N–H and O–H groups in total. The standard InChI is InChI=1S/C12H11NO4/c1-7-6-8(12(16)17)2-3-9(7)13-10(14)4-5-11(13)15/h2-3,6H,4-5H2,1H3,(H,16,17). The Hall–Kier alpha value is -2.17. The molecule has 17 heavy (non-hydrogen) atoms. The minimum absolute atomic E-state index is 0.144. The maximum absolute atomic E-state index is 11.5. The van der Waals surface area contributed by atoms with Gasteiger partial charge in [-0.15, -0.1) is 0 Å². The van der Waals surface area contributed by atoms with Gasteiger partial charge in [-0.1, -0.05) is 0 Å². The van der Waals surface area contributed by atoms with E-state index in [9.17, 15) is 14.4 Å². The summed E-state index contributed by atoms with van der Waals surface area (Å²) in [6.07, 6.45) is 0.442. The average molecular weight is 233 g/mol. The second kappa shape index (κ2) is 4.01. The number of nitrogens with zero attached hydrogens (tertiary/aromatic N) is 1. The molecule has 1 aliphatic rings. The van der Waals surface area contributed by atoms with Gasteiger partial charge in [0.2, 0.25) is 11.8 Å². The van der Waals surface area contributed by atoms with Crippen molar-refractivity contribution in [3.05, 3.63) is 29.3 Å². The highest BCUT2D eigenvalue weighted by atomic mass is 16.4. The molecule has 5 heteroatoms. The Kier molecular flexibility index (Phi) is 2.67. The number of carboxylic acids is 1. The van der Waals surface area contributed by atoms with Gasteiger partial charge in [-0.3, -0.25) is 14.5 Å². The number of aromatic carboxylic acids is 1. The van der Waals surface area contributed by atoms with Crippen LogP contribution in [-0.2, 0) is 9.59 Å². The molecule has 1 fully saturated rings. The third kappa shape index (κ3) is 1.91. The first-order valence-electron chi connectivity index (χ1n) is 5.20. The predicted molar refractivity (Wildman–Crippen MR) is 59.9 cm³/mol. The van der Waals surface area contributed by atoms with Crippen LogP contribution in [0, 0.1) is 6.92 Å². The molecule has 2 rings (SSSR count). The molecule has 1 saturated heterocycles. The Morgan fingerprint density at radius 2 is 1.82 bits per heavy atom. The topological polar surface area (TPSA) is 74.7 Å². The summed E-state index contributed by atoms with van der Waals surface area (Å²) < 4.78 is 0. The lowest BCUT2D eigenvalue weighted by Gasteiger charge is -2.16. The fraction of sp³-hybridized carbons (Fsp3) is 0.250. The molecule has 1 aromatic carbocycles. The second-order valence-electron chi connectivity index (χ2n) is 3.93. The first kappa shape index (κ1) is 11.3. The summed E-state index contributed by atoms with van der Waals surface area (Å²) in [6.45, 7) is 1.68. The zero-order chi connectivity index (χ0) is 12.6. The summed E-state index contributed by atoms with van der Waals surface area (Å²) >= 11 is 0. The molecule has 0 aliphatic carbocycles. The zero-order valence-electron chi connectivity index (χ0n) is 9.27. The Morgan fingerprint density at radius 3 is 2.29 bits per heavy atom. The van der Waals surface area contributed by atoms with Gasteiger partial charge in [0.25, 0.3) is 0 Å². The van der Waals surface area contributed by atoms with Crippen molar-refractivity contribution in [2.24, 2.45) is 0 Å². The summed E-state index contributed by atoms with van der Waals surface area (Å²) in [5.41, 5.74) is 1.22.